The molecule has 3 aromatic rings. The first-order valence-electron chi connectivity index (χ1n) is 8.70. The van der Waals surface area contributed by atoms with Crippen molar-refractivity contribution in [2.75, 3.05) is 25.0 Å². The highest BCUT2D eigenvalue weighted by Gasteiger charge is 2.36. The number of amides is 1. The molecule has 0 saturated carbocycles. The number of rotatable bonds is 4. The Balaban J connectivity index is 1.48. The molecule has 1 aliphatic heterocycles. The lowest BCUT2D eigenvalue weighted by molar-refractivity contribution is 0.0699. The van der Waals surface area contributed by atoms with Crippen LogP contribution in [0.3, 0.4) is 0 Å². The summed E-state index contributed by atoms with van der Waals surface area (Å²) in [6.07, 6.45) is 4.52. The number of carbonyl (C=O) groups excluding carboxylic acids is 1. The molecule has 1 aromatic carbocycles. The van der Waals surface area contributed by atoms with E-state index in [9.17, 15) is 13.6 Å². The van der Waals surface area contributed by atoms with E-state index in [-0.39, 0.29) is 23.5 Å². The fourth-order valence-corrected chi connectivity index (χ4v) is 3.13. The molecule has 4 rings (SSSR count). The molecule has 0 spiro atoms. The zero-order valence-corrected chi connectivity index (χ0v) is 15.4. The number of anilines is 1. The summed E-state index contributed by atoms with van der Waals surface area (Å²) < 4.78 is 29.8. The Morgan fingerprint density at radius 2 is 1.86 bits per heavy atom. The van der Waals surface area contributed by atoms with E-state index in [1.807, 2.05) is 0 Å². The minimum atomic E-state index is -0.564. The molecule has 0 radical (unpaired) electrons. The summed E-state index contributed by atoms with van der Waals surface area (Å²) in [6.45, 7) is 0.901. The maximum absolute atomic E-state index is 14.9. The van der Waals surface area contributed by atoms with E-state index < -0.39 is 11.6 Å². The maximum Gasteiger partial charge on any atom is 0.274 e. The average molecular weight is 384 g/mol. The van der Waals surface area contributed by atoms with E-state index in [0.29, 0.717) is 24.3 Å². The first-order valence-corrected chi connectivity index (χ1v) is 8.70. The average Bonchev–Trinajstić information content (AvgIpc) is 3.08. The summed E-state index contributed by atoms with van der Waals surface area (Å²) in [4.78, 5) is 27.9. The van der Waals surface area contributed by atoms with Crippen LogP contribution in [0.4, 0.5) is 14.6 Å². The Kier molecular flexibility index (Phi) is 4.50. The summed E-state index contributed by atoms with van der Waals surface area (Å²) in [5.41, 5.74) is 0.962. The largest absolute Gasteiger partial charge is 0.350 e. The maximum atomic E-state index is 14.9. The summed E-state index contributed by atoms with van der Waals surface area (Å²) in [5, 5.41) is 0. The quantitative estimate of drug-likeness (QED) is 0.689. The van der Waals surface area contributed by atoms with E-state index >= 15 is 0 Å². The minimum absolute atomic E-state index is 0.0712. The van der Waals surface area contributed by atoms with Crippen LogP contribution in [0.1, 0.15) is 10.5 Å². The van der Waals surface area contributed by atoms with Gasteiger partial charge in [0.05, 0.1) is 12.4 Å². The lowest BCUT2D eigenvalue weighted by Gasteiger charge is -2.44. The van der Waals surface area contributed by atoms with Crippen molar-refractivity contribution in [2.45, 2.75) is 6.04 Å². The van der Waals surface area contributed by atoms with Crippen molar-refractivity contribution in [1.82, 2.24) is 24.4 Å². The van der Waals surface area contributed by atoms with Gasteiger partial charge in [0.15, 0.2) is 11.6 Å². The van der Waals surface area contributed by atoms with Crippen LogP contribution in [0, 0.1) is 11.6 Å². The van der Waals surface area contributed by atoms with E-state index in [1.165, 1.54) is 30.6 Å². The van der Waals surface area contributed by atoms with Crippen molar-refractivity contribution in [3.05, 3.63) is 60.4 Å². The summed E-state index contributed by atoms with van der Waals surface area (Å²) in [6, 6.07) is 5.40. The molecule has 0 atom stereocenters. The second-order valence-electron chi connectivity index (χ2n) is 6.77. The van der Waals surface area contributed by atoms with Crippen molar-refractivity contribution in [2.24, 2.45) is 7.05 Å². The van der Waals surface area contributed by atoms with Crippen molar-refractivity contribution in [1.29, 1.82) is 0 Å². The summed E-state index contributed by atoms with van der Waals surface area (Å²) in [5.74, 6) is -0.972. The standard InChI is InChI=1S/C19H18F2N6O/c1-25-9-15(24-11-25)19(28)26(2)14-7-27(8-14)18-16(21)17(22-10-23-18)12-3-5-13(20)6-4-12/h3-6,9-11,14H,7-8H2,1-2H3. The fourth-order valence-electron chi connectivity index (χ4n) is 3.13. The molecule has 1 fully saturated rings. The van der Waals surface area contributed by atoms with E-state index in [0.717, 1.165) is 0 Å². The monoisotopic (exact) mass is 384 g/mol. The molecule has 144 valence electrons. The normalized spacial score (nSPS) is 14.1. The van der Waals surface area contributed by atoms with Crippen molar-refractivity contribution < 1.29 is 13.6 Å². The molecule has 9 heteroatoms. The number of likely N-dealkylation sites (N-methyl/N-ethyl adjacent to an activating group) is 1. The lowest BCUT2D eigenvalue weighted by Crippen LogP contribution is -2.60. The molecule has 7 nitrogen and oxygen atoms in total. The van der Waals surface area contributed by atoms with Gasteiger partial charge in [-0.25, -0.2) is 23.7 Å². The molecule has 0 bridgehead atoms. The van der Waals surface area contributed by atoms with Gasteiger partial charge < -0.3 is 14.4 Å². The van der Waals surface area contributed by atoms with Crippen molar-refractivity contribution >= 4 is 11.7 Å². The third-order valence-electron chi connectivity index (χ3n) is 4.84. The zero-order chi connectivity index (χ0) is 19.8. The van der Waals surface area contributed by atoms with Gasteiger partial charge in [0, 0.05) is 38.9 Å². The molecule has 0 aliphatic carbocycles. The molecule has 28 heavy (non-hydrogen) atoms. The molecular weight excluding hydrogens is 366 g/mol. The number of hydrogen-bond donors (Lipinski definition) is 0. The number of aromatic nitrogens is 4. The predicted molar refractivity (Wildman–Crippen MR) is 98.7 cm³/mol. The van der Waals surface area contributed by atoms with Crippen LogP contribution >= 0.6 is 0 Å². The van der Waals surface area contributed by atoms with Crippen molar-refractivity contribution in [3.8, 4) is 11.3 Å². The topological polar surface area (TPSA) is 67.2 Å². The molecule has 1 aliphatic rings. The first-order chi connectivity index (χ1) is 13.4. The molecule has 3 heterocycles. The van der Waals surface area contributed by atoms with Crippen LogP contribution in [0.5, 0.6) is 0 Å². The number of aryl methyl sites for hydroxylation is 1. The van der Waals surface area contributed by atoms with Crippen LogP contribution in [0.15, 0.2) is 43.1 Å². The van der Waals surface area contributed by atoms with Crippen LogP contribution in [-0.2, 0) is 7.05 Å². The van der Waals surface area contributed by atoms with Crippen LogP contribution in [-0.4, -0.2) is 56.5 Å². The van der Waals surface area contributed by atoms with Gasteiger partial charge in [-0.05, 0) is 24.3 Å². The van der Waals surface area contributed by atoms with Crippen molar-refractivity contribution in [3.63, 3.8) is 0 Å². The second-order valence-corrected chi connectivity index (χ2v) is 6.77. The number of halogens is 2. The van der Waals surface area contributed by atoms with Gasteiger partial charge >= 0.3 is 0 Å². The second kappa shape index (κ2) is 6.99. The molecule has 2 aromatic heterocycles. The number of benzene rings is 1. The highest BCUT2D eigenvalue weighted by molar-refractivity contribution is 5.92. The predicted octanol–water partition coefficient (Wildman–Crippen LogP) is 2.12. The third-order valence-corrected chi connectivity index (χ3v) is 4.84. The van der Waals surface area contributed by atoms with E-state index in [1.54, 1.807) is 41.0 Å². The van der Waals surface area contributed by atoms with Gasteiger partial charge in [0.25, 0.3) is 5.91 Å². The Morgan fingerprint density at radius 1 is 1.14 bits per heavy atom. The van der Waals surface area contributed by atoms with Gasteiger partial charge in [0.2, 0.25) is 0 Å². The smallest absolute Gasteiger partial charge is 0.274 e. The fraction of sp³-hybridized carbons (Fsp3) is 0.263. The number of hydrogen-bond acceptors (Lipinski definition) is 5. The van der Waals surface area contributed by atoms with Crippen LogP contribution in [0.2, 0.25) is 0 Å². The molecule has 0 N–H and O–H groups in total. The Morgan fingerprint density at radius 3 is 2.50 bits per heavy atom. The molecule has 1 amide bonds. The SMILES string of the molecule is CN(C(=O)c1cn(C)cn1)C1CN(c2ncnc(-c3ccc(F)cc3)c2F)C1. The Hall–Kier alpha value is -3.36. The van der Waals surface area contributed by atoms with E-state index in [2.05, 4.69) is 15.0 Å². The van der Waals surface area contributed by atoms with Gasteiger partial charge in [-0.1, -0.05) is 0 Å². The molecule has 1 saturated heterocycles. The van der Waals surface area contributed by atoms with Crippen LogP contribution in [0.25, 0.3) is 11.3 Å². The highest BCUT2D eigenvalue weighted by Crippen LogP contribution is 2.29. The number of nitrogens with zero attached hydrogens (tertiary/aromatic N) is 6. The Bertz CT molecular complexity index is 1010. The Labute approximate surface area is 160 Å². The van der Waals surface area contributed by atoms with Gasteiger partial charge in [-0.15, -0.1) is 0 Å². The van der Waals surface area contributed by atoms with Crippen LogP contribution < -0.4 is 4.90 Å². The number of imidazole rings is 1. The molecule has 0 unspecified atom stereocenters. The van der Waals surface area contributed by atoms with Gasteiger partial charge in [-0.3, -0.25) is 4.79 Å². The zero-order valence-electron chi connectivity index (χ0n) is 15.4. The third kappa shape index (κ3) is 3.19. The highest BCUT2D eigenvalue weighted by atomic mass is 19.1. The summed E-state index contributed by atoms with van der Waals surface area (Å²) in [7, 11) is 3.50. The van der Waals surface area contributed by atoms with E-state index in [4.69, 9.17) is 0 Å². The lowest BCUT2D eigenvalue weighted by atomic mass is 10.1. The van der Waals surface area contributed by atoms with Gasteiger partial charge in [-0.2, -0.15) is 0 Å². The molecular formula is C19H18F2N6O. The summed E-state index contributed by atoms with van der Waals surface area (Å²) >= 11 is 0. The minimum Gasteiger partial charge on any atom is -0.350 e. The number of carbonyl (C=O) groups is 1. The first kappa shape index (κ1) is 18.0. The van der Waals surface area contributed by atoms with Gasteiger partial charge in [0.1, 0.15) is 23.5 Å².